The maximum absolute atomic E-state index is 11.4. The van der Waals surface area contributed by atoms with E-state index < -0.39 is 0 Å². The highest BCUT2D eigenvalue weighted by molar-refractivity contribution is 5.76. The topological polar surface area (TPSA) is 55.1 Å². The van der Waals surface area contributed by atoms with Gasteiger partial charge < -0.3 is 11.1 Å². The fraction of sp³-hybridized carbons (Fsp3) is 0.909. The molecule has 0 radical (unpaired) electrons. The molecular weight excluding hydrogens is 176 g/mol. The Labute approximate surface area is 87.4 Å². The second kappa shape index (κ2) is 6.02. The molecule has 14 heavy (non-hydrogen) atoms. The summed E-state index contributed by atoms with van der Waals surface area (Å²) in [5.41, 5.74) is 5.80. The Kier molecular flexibility index (Phi) is 5.77. The smallest absolute Gasteiger partial charge is 0.220 e. The van der Waals surface area contributed by atoms with E-state index >= 15 is 0 Å². The summed E-state index contributed by atoms with van der Waals surface area (Å²) in [4.78, 5) is 11.4. The van der Waals surface area contributed by atoms with E-state index in [1.807, 2.05) is 0 Å². The summed E-state index contributed by atoms with van der Waals surface area (Å²) >= 11 is 0. The third kappa shape index (κ3) is 8.05. The van der Waals surface area contributed by atoms with Gasteiger partial charge >= 0.3 is 0 Å². The quantitative estimate of drug-likeness (QED) is 0.709. The van der Waals surface area contributed by atoms with Crippen molar-refractivity contribution < 1.29 is 4.79 Å². The Hall–Kier alpha value is -0.570. The van der Waals surface area contributed by atoms with E-state index in [4.69, 9.17) is 5.73 Å². The largest absolute Gasteiger partial charge is 0.356 e. The summed E-state index contributed by atoms with van der Waals surface area (Å²) in [7, 11) is 0. The van der Waals surface area contributed by atoms with Crippen LogP contribution in [0.2, 0.25) is 0 Å². The molecule has 0 aromatic carbocycles. The molecule has 0 bridgehead atoms. The van der Waals surface area contributed by atoms with Gasteiger partial charge in [0.15, 0.2) is 0 Å². The van der Waals surface area contributed by atoms with Gasteiger partial charge in [0.05, 0.1) is 0 Å². The number of carbonyl (C=O) groups excluding carboxylic acids is 1. The first kappa shape index (κ1) is 13.4. The van der Waals surface area contributed by atoms with E-state index in [1.165, 1.54) is 0 Å². The summed E-state index contributed by atoms with van der Waals surface area (Å²) in [5.74, 6) is 0.126. The summed E-state index contributed by atoms with van der Waals surface area (Å²) in [6.07, 6.45) is 2.41. The maximum Gasteiger partial charge on any atom is 0.220 e. The molecule has 0 aliphatic carbocycles. The molecule has 0 aliphatic heterocycles. The molecule has 3 heteroatoms. The zero-order valence-electron chi connectivity index (χ0n) is 9.89. The monoisotopic (exact) mass is 200 g/mol. The lowest BCUT2D eigenvalue weighted by molar-refractivity contribution is -0.122. The van der Waals surface area contributed by atoms with E-state index in [1.54, 1.807) is 0 Å². The van der Waals surface area contributed by atoms with Gasteiger partial charge in [-0.1, -0.05) is 27.7 Å². The van der Waals surface area contributed by atoms with Crippen molar-refractivity contribution in [2.24, 2.45) is 11.1 Å². The van der Waals surface area contributed by atoms with Gasteiger partial charge in [-0.3, -0.25) is 4.79 Å². The van der Waals surface area contributed by atoms with Crippen molar-refractivity contribution in [3.05, 3.63) is 0 Å². The minimum atomic E-state index is 0.0664. The molecule has 0 spiro atoms. The molecule has 3 nitrogen and oxygen atoms in total. The van der Waals surface area contributed by atoms with Gasteiger partial charge in [0.25, 0.3) is 0 Å². The highest BCUT2D eigenvalue weighted by Gasteiger charge is 2.15. The van der Waals surface area contributed by atoms with E-state index in [9.17, 15) is 4.79 Å². The molecule has 84 valence electrons. The van der Waals surface area contributed by atoms with Crippen LogP contribution in [-0.2, 0) is 4.79 Å². The lowest BCUT2D eigenvalue weighted by atomic mass is 9.92. The molecule has 0 aromatic rings. The van der Waals surface area contributed by atoms with Crippen molar-refractivity contribution in [1.82, 2.24) is 5.32 Å². The molecule has 0 heterocycles. The van der Waals surface area contributed by atoms with Crippen molar-refractivity contribution in [1.29, 1.82) is 0 Å². The average molecular weight is 200 g/mol. The lowest BCUT2D eigenvalue weighted by Crippen LogP contribution is -2.32. The first-order chi connectivity index (χ1) is 6.35. The van der Waals surface area contributed by atoms with Crippen LogP contribution < -0.4 is 11.1 Å². The zero-order chi connectivity index (χ0) is 11.2. The summed E-state index contributed by atoms with van der Waals surface area (Å²) in [6.45, 7) is 8.94. The van der Waals surface area contributed by atoms with Gasteiger partial charge in [0.2, 0.25) is 5.91 Å². The number of rotatable bonds is 5. The van der Waals surface area contributed by atoms with E-state index in [-0.39, 0.29) is 17.4 Å². The normalized spacial score (nSPS) is 13.8. The summed E-state index contributed by atoms with van der Waals surface area (Å²) < 4.78 is 0. The number of nitrogens with two attached hydrogens (primary N) is 1. The number of amides is 1. The Morgan fingerprint density at radius 2 is 2.00 bits per heavy atom. The van der Waals surface area contributed by atoms with Gasteiger partial charge in [0.1, 0.15) is 0 Å². The fourth-order valence-corrected chi connectivity index (χ4v) is 1.15. The summed E-state index contributed by atoms with van der Waals surface area (Å²) in [5, 5.41) is 2.89. The second-order valence-electron chi connectivity index (χ2n) is 5.04. The van der Waals surface area contributed by atoms with Crippen LogP contribution in [0.3, 0.4) is 0 Å². The van der Waals surface area contributed by atoms with E-state index in [0.717, 1.165) is 12.8 Å². The maximum atomic E-state index is 11.4. The van der Waals surface area contributed by atoms with Crippen LogP contribution in [0.25, 0.3) is 0 Å². The van der Waals surface area contributed by atoms with Crippen molar-refractivity contribution in [3.8, 4) is 0 Å². The Morgan fingerprint density at radius 1 is 1.43 bits per heavy atom. The Bertz CT molecular complexity index is 173. The zero-order valence-corrected chi connectivity index (χ0v) is 9.89. The molecule has 0 saturated heterocycles. The van der Waals surface area contributed by atoms with Gasteiger partial charge in [-0.25, -0.2) is 0 Å². The van der Waals surface area contributed by atoms with Gasteiger partial charge in [-0.2, -0.15) is 0 Å². The molecule has 0 rings (SSSR count). The molecule has 3 N–H and O–H groups in total. The van der Waals surface area contributed by atoms with Crippen molar-refractivity contribution >= 4 is 5.91 Å². The lowest BCUT2D eigenvalue weighted by Gasteiger charge is -2.17. The van der Waals surface area contributed by atoms with Crippen molar-refractivity contribution in [2.75, 3.05) is 6.54 Å². The van der Waals surface area contributed by atoms with E-state index in [0.29, 0.717) is 13.0 Å². The number of carbonyl (C=O) groups is 1. The molecule has 1 unspecified atom stereocenters. The Morgan fingerprint density at radius 3 is 2.43 bits per heavy atom. The molecular formula is C11H24N2O. The van der Waals surface area contributed by atoms with Crippen LogP contribution in [-0.4, -0.2) is 18.5 Å². The minimum Gasteiger partial charge on any atom is -0.356 e. The predicted octanol–water partition coefficient (Wildman–Crippen LogP) is 1.67. The second-order valence-corrected chi connectivity index (χ2v) is 5.04. The Balaban J connectivity index is 3.55. The van der Waals surface area contributed by atoms with Crippen LogP contribution in [0.4, 0.5) is 0 Å². The molecule has 0 saturated carbocycles. The van der Waals surface area contributed by atoms with Crippen LogP contribution in [0.1, 0.15) is 47.0 Å². The highest BCUT2D eigenvalue weighted by atomic mass is 16.1. The molecule has 1 amide bonds. The van der Waals surface area contributed by atoms with Crippen LogP contribution in [0, 0.1) is 5.41 Å². The molecule has 0 aliphatic rings. The average Bonchev–Trinajstić information content (AvgIpc) is 2.00. The van der Waals surface area contributed by atoms with Gasteiger partial charge in [0, 0.05) is 19.0 Å². The van der Waals surface area contributed by atoms with Gasteiger partial charge in [-0.05, 0) is 18.3 Å². The fourth-order valence-electron chi connectivity index (χ4n) is 1.15. The van der Waals surface area contributed by atoms with Crippen LogP contribution >= 0.6 is 0 Å². The number of hydrogen-bond acceptors (Lipinski definition) is 2. The first-order valence-corrected chi connectivity index (χ1v) is 5.37. The SMILES string of the molecule is CCC(N)CCNC(=O)CC(C)(C)C. The molecule has 1 atom stereocenters. The third-order valence-corrected chi connectivity index (χ3v) is 2.05. The van der Waals surface area contributed by atoms with Crippen molar-refractivity contribution in [3.63, 3.8) is 0 Å². The number of nitrogens with one attached hydrogen (secondary N) is 1. The first-order valence-electron chi connectivity index (χ1n) is 5.37. The molecule has 0 fully saturated rings. The highest BCUT2D eigenvalue weighted by Crippen LogP contribution is 2.17. The number of hydrogen-bond donors (Lipinski definition) is 2. The van der Waals surface area contributed by atoms with Crippen LogP contribution in [0.5, 0.6) is 0 Å². The van der Waals surface area contributed by atoms with Gasteiger partial charge in [-0.15, -0.1) is 0 Å². The van der Waals surface area contributed by atoms with Crippen LogP contribution in [0.15, 0.2) is 0 Å². The summed E-state index contributed by atoms with van der Waals surface area (Å²) in [6, 6.07) is 0.213. The minimum absolute atomic E-state index is 0.0664. The third-order valence-electron chi connectivity index (χ3n) is 2.05. The standard InChI is InChI=1S/C11H24N2O/c1-5-9(12)6-7-13-10(14)8-11(2,3)4/h9H,5-8,12H2,1-4H3,(H,13,14). The van der Waals surface area contributed by atoms with Crippen molar-refractivity contribution in [2.45, 2.75) is 53.0 Å². The van der Waals surface area contributed by atoms with E-state index in [2.05, 4.69) is 33.0 Å². The molecule has 0 aromatic heterocycles. The predicted molar refractivity (Wildman–Crippen MR) is 60.0 cm³/mol.